The second kappa shape index (κ2) is 6.07. The van der Waals surface area contributed by atoms with Gasteiger partial charge in [0.2, 0.25) is 5.91 Å². The number of nitrogens with zero attached hydrogens (tertiary/aromatic N) is 2. The van der Waals surface area contributed by atoms with Crippen molar-refractivity contribution in [1.82, 2.24) is 15.1 Å². The standard InChI is InChI=1S/C17H18FN3O3/c1-9(20-16(22)13-7-14(13)17(23)24)15-8-19-21(10(15)2)12-5-3-11(18)4-6-12/h3-6,8-9,13-14H,7H2,1-2H3,(H,20,22)(H,23,24)/t9-,13+,14+/m0/s1. The lowest BCUT2D eigenvalue weighted by Crippen LogP contribution is -2.29. The number of hydrogen-bond donors (Lipinski definition) is 2. The Morgan fingerprint density at radius 2 is 2.00 bits per heavy atom. The molecule has 1 amide bonds. The number of rotatable bonds is 5. The van der Waals surface area contributed by atoms with Gasteiger partial charge in [0.25, 0.3) is 0 Å². The minimum atomic E-state index is -0.928. The molecule has 1 fully saturated rings. The van der Waals surface area contributed by atoms with Crippen molar-refractivity contribution in [2.45, 2.75) is 26.3 Å². The molecule has 3 rings (SSSR count). The number of hydrogen-bond acceptors (Lipinski definition) is 3. The smallest absolute Gasteiger partial charge is 0.307 e. The molecule has 1 aliphatic rings. The Morgan fingerprint density at radius 1 is 1.33 bits per heavy atom. The zero-order chi connectivity index (χ0) is 17.4. The highest BCUT2D eigenvalue weighted by atomic mass is 19.1. The Balaban J connectivity index is 1.72. The van der Waals surface area contributed by atoms with Crippen molar-refractivity contribution in [2.24, 2.45) is 11.8 Å². The van der Waals surface area contributed by atoms with Gasteiger partial charge in [-0.2, -0.15) is 5.10 Å². The van der Waals surface area contributed by atoms with Gasteiger partial charge in [-0.05, 0) is 44.5 Å². The Hall–Kier alpha value is -2.70. The molecule has 2 N–H and O–H groups in total. The van der Waals surface area contributed by atoms with Gasteiger partial charge in [0.15, 0.2) is 0 Å². The van der Waals surface area contributed by atoms with Crippen molar-refractivity contribution in [3.8, 4) is 5.69 Å². The van der Waals surface area contributed by atoms with Gasteiger partial charge in [-0.15, -0.1) is 0 Å². The van der Waals surface area contributed by atoms with Crippen molar-refractivity contribution in [3.63, 3.8) is 0 Å². The molecule has 2 aromatic rings. The minimum Gasteiger partial charge on any atom is -0.481 e. The van der Waals surface area contributed by atoms with E-state index < -0.39 is 17.8 Å². The molecule has 0 radical (unpaired) electrons. The third-order valence-corrected chi connectivity index (χ3v) is 4.39. The minimum absolute atomic E-state index is 0.246. The maximum absolute atomic E-state index is 13.0. The van der Waals surface area contributed by atoms with Crippen LogP contribution in [0, 0.1) is 24.6 Å². The van der Waals surface area contributed by atoms with Crippen molar-refractivity contribution in [3.05, 3.63) is 47.5 Å². The lowest BCUT2D eigenvalue weighted by atomic mass is 10.1. The van der Waals surface area contributed by atoms with Crippen LogP contribution in [0.15, 0.2) is 30.5 Å². The average Bonchev–Trinajstić information content (AvgIpc) is 3.25. The number of halogens is 1. The second-order valence-electron chi connectivity index (χ2n) is 6.09. The summed E-state index contributed by atoms with van der Waals surface area (Å²) < 4.78 is 14.7. The maximum Gasteiger partial charge on any atom is 0.307 e. The third kappa shape index (κ3) is 3.02. The fourth-order valence-electron chi connectivity index (χ4n) is 2.85. The van der Waals surface area contributed by atoms with Gasteiger partial charge < -0.3 is 10.4 Å². The number of carboxylic acid groups (broad SMARTS) is 1. The summed E-state index contributed by atoms with van der Waals surface area (Å²) in [6.45, 7) is 3.70. The van der Waals surface area contributed by atoms with Crippen LogP contribution >= 0.6 is 0 Å². The van der Waals surface area contributed by atoms with Crippen LogP contribution in [-0.4, -0.2) is 26.8 Å². The predicted octanol–water partition coefficient (Wildman–Crippen LogP) is 2.22. The first-order valence-electron chi connectivity index (χ1n) is 7.72. The average molecular weight is 331 g/mol. The number of carboxylic acids is 1. The summed E-state index contributed by atoms with van der Waals surface area (Å²) in [6.07, 6.45) is 2.05. The highest BCUT2D eigenvalue weighted by Gasteiger charge is 2.48. The van der Waals surface area contributed by atoms with Crippen LogP contribution in [0.1, 0.15) is 30.6 Å². The van der Waals surface area contributed by atoms with E-state index in [1.807, 2.05) is 13.8 Å². The number of carbonyl (C=O) groups is 2. The lowest BCUT2D eigenvalue weighted by molar-refractivity contribution is -0.140. The molecule has 0 spiro atoms. The van der Waals surface area contributed by atoms with E-state index in [0.717, 1.165) is 16.9 Å². The van der Waals surface area contributed by atoms with Gasteiger partial charge >= 0.3 is 5.97 Å². The normalized spacial score (nSPS) is 20.5. The van der Waals surface area contributed by atoms with Crippen LogP contribution in [0.5, 0.6) is 0 Å². The van der Waals surface area contributed by atoms with Crippen LogP contribution < -0.4 is 5.32 Å². The molecule has 0 aliphatic heterocycles. The van der Waals surface area contributed by atoms with E-state index in [1.54, 1.807) is 23.0 Å². The predicted molar refractivity (Wildman–Crippen MR) is 84.0 cm³/mol. The first-order chi connectivity index (χ1) is 11.4. The monoisotopic (exact) mass is 331 g/mol. The molecule has 0 unspecified atom stereocenters. The Labute approximate surface area is 138 Å². The molecular formula is C17H18FN3O3. The number of aromatic nitrogens is 2. The van der Waals surface area contributed by atoms with Crippen molar-refractivity contribution in [1.29, 1.82) is 0 Å². The van der Waals surface area contributed by atoms with Crippen LogP contribution in [0.2, 0.25) is 0 Å². The summed E-state index contributed by atoms with van der Waals surface area (Å²) in [4.78, 5) is 22.9. The SMILES string of the molecule is Cc1c([C@H](C)NC(=O)[C@@H]2C[C@H]2C(=O)O)cnn1-c1ccc(F)cc1. The molecule has 1 saturated carbocycles. The molecule has 0 saturated heterocycles. The number of aliphatic carboxylic acids is 1. The largest absolute Gasteiger partial charge is 0.481 e. The first kappa shape index (κ1) is 16.2. The van der Waals surface area contributed by atoms with E-state index in [4.69, 9.17) is 5.11 Å². The highest BCUT2D eigenvalue weighted by Crippen LogP contribution is 2.39. The van der Waals surface area contributed by atoms with E-state index in [2.05, 4.69) is 10.4 Å². The molecule has 24 heavy (non-hydrogen) atoms. The molecule has 7 heteroatoms. The second-order valence-corrected chi connectivity index (χ2v) is 6.09. The zero-order valence-electron chi connectivity index (χ0n) is 13.4. The van der Waals surface area contributed by atoms with E-state index >= 15 is 0 Å². The molecule has 0 bridgehead atoms. The van der Waals surface area contributed by atoms with Gasteiger partial charge in [-0.25, -0.2) is 9.07 Å². The topological polar surface area (TPSA) is 84.2 Å². The van der Waals surface area contributed by atoms with E-state index in [9.17, 15) is 14.0 Å². The summed E-state index contributed by atoms with van der Waals surface area (Å²) in [5, 5.41) is 16.0. The molecule has 1 aliphatic carbocycles. The van der Waals surface area contributed by atoms with Gasteiger partial charge in [-0.3, -0.25) is 9.59 Å². The molecule has 1 aromatic carbocycles. The molecule has 126 valence electrons. The quantitative estimate of drug-likeness (QED) is 0.880. The number of carbonyl (C=O) groups excluding carboxylic acids is 1. The summed E-state index contributed by atoms with van der Waals surface area (Å²) in [7, 11) is 0. The summed E-state index contributed by atoms with van der Waals surface area (Å²) in [5.74, 6) is -2.51. The molecule has 6 nitrogen and oxygen atoms in total. The van der Waals surface area contributed by atoms with Crippen LogP contribution in [0.4, 0.5) is 4.39 Å². The summed E-state index contributed by atoms with van der Waals surface area (Å²) in [6, 6.07) is 5.69. The van der Waals surface area contributed by atoms with E-state index in [0.29, 0.717) is 6.42 Å². The number of benzene rings is 1. The molecule has 1 heterocycles. The van der Waals surface area contributed by atoms with Crippen molar-refractivity contribution in [2.75, 3.05) is 0 Å². The van der Waals surface area contributed by atoms with E-state index in [1.165, 1.54) is 12.1 Å². The Morgan fingerprint density at radius 3 is 2.58 bits per heavy atom. The van der Waals surface area contributed by atoms with Gasteiger partial charge in [0, 0.05) is 11.3 Å². The van der Waals surface area contributed by atoms with Crippen LogP contribution in [-0.2, 0) is 9.59 Å². The first-order valence-corrected chi connectivity index (χ1v) is 7.72. The molecule has 3 atom stereocenters. The van der Waals surface area contributed by atoms with Crippen molar-refractivity contribution >= 4 is 11.9 Å². The Bertz CT molecular complexity index is 785. The highest BCUT2D eigenvalue weighted by molar-refractivity contribution is 5.89. The van der Waals surface area contributed by atoms with Crippen molar-refractivity contribution < 1.29 is 19.1 Å². The fourth-order valence-corrected chi connectivity index (χ4v) is 2.85. The van der Waals surface area contributed by atoms with Crippen LogP contribution in [0.3, 0.4) is 0 Å². The van der Waals surface area contributed by atoms with Crippen LogP contribution in [0.25, 0.3) is 5.69 Å². The van der Waals surface area contributed by atoms with Gasteiger partial charge in [-0.1, -0.05) is 0 Å². The van der Waals surface area contributed by atoms with Gasteiger partial charge in [0.05, 0.1) is 29.8 Å². The maximum atomic E-state index is 13.0. The molecule has 1 aromatic heterocycles. The zero-order valence-corrected chi connectivity index (χ0v) is 13.4. The van der Waals surface area contributed by atoms with E-state index in [-0.39, 0.29) is 17.8 Å². The fraction of sp³-hybridized carbons (Fsp3) is 0.353. The van der Waals surface area contributed by atoms with Gasteiger partial charge in [0.1, 0.15) is 5.82 Å². The molecular weight excluding hydrogens is 313 g/mol. The third-order valence-electron chi connectivity index (χ3n) is 4.39. The lowest BCUT2D eigenvalue weighted by Gasteiger charge is -2.14. The number of amides is 1. The number of nitrogens with one attached hydrogen (secondary N) is 1. The Kier molecular flexibility index (Phi) is 4.09. The summed E-state index contributed by atoms with van der Waals surface area (Å²) in [5.41, 5.74) is 2.40. The summed E-state index contributed by atoms with van der Waals surface area (Å²) >= 11 is 0.